The number of hydrogen-bond donors (Lipinski definition) is 3. The van der Waals surface area contributed by atoms with Crippen molar-refractivity contribution in [3.05, 3.63) is 35.2 Å². The molecular formula is C20H26N4O2S. The maximum Gasteiger partial charge on any atom is 0.229 e. The topological polar surface area (TPSA) is 83.1 Å². The summed E-state index contributed by atoms with van der Waals surface area (Å²) in [6.07, 6.45) is 3.61. The molecule has 1 aliphatic heterocycles. The van der Waals surface area contributed by atoms with Gasteiger partial charge in [0.2, 0.25) is 11.8 Å². The molecule has 0 atom stereocenters. The third kappa shape index (κ3) is 5.87. The molecule has 1 aromatic carbocycles. The molecule has 6 nitrogen and oxygen atoms in total. The number of carbonyl (C=O) groups is 2. The van der Waals surface area contributed by atoms with Crippen molar-refractivity contribution in [2.75, 3.05) is 25.0 Å². The number of piperidine rings is 1. The summed E-state index contributed by atoms with van der Waals surface area (Å²) in [6.45, 7) is 4.03. The van der Waals surface area contributed by atoms with Gasteiger partial charge >= 0.3 is 0 Å². The maximum atomic E-state index is 12.3. The van der Waals surface area contributed by atoms with E-state index in [4.69, 9.17) is 0 Å². The number of amides is 2. The molecule has 2 heterocycles. The number of carbonyl (C=O) groups excluding carboxylic acids is 2. The average Bonchev–Trinajstić information content (AvgIpc) is 3.15. The van der Waals surface area contributed by atoms with E-state index in [-0.39, 0.29) is 17.7 Å². The fourth-order valence-electron chi connectivity index (χ4n) is 3.15. The molecule has 7 heteroatoms. The predicted octanol–water partition coefficient (Wildman–Crippen LogP) is 2.82. The van der Waals surface area contributed by atoms with Gasteiger partial charge in [-0.1, -0.05) is 24.3 Å². The number of aromatic nitrogens is 1. The molecule has 2 amide bonds. The number of benzene rings is 1. The van der Waals surface area contributed by atoms with E-state index in [1.807, 2.05) is 5.38 Å². The number of hydrogen-bond acceptors (Lipinski definition) is 5. The Kier molecular flexibility index (Phi) is 6.95. The first kappa shape index (κ1) is 19.5. The lowest BCUT2D eigenvalue weighted by Crippen LogP contribution is -2.34. The van der Waals surface area contributed by atoms with Crippen molar-refractivity contribution in [1.82, 2.24) is 15.6 Å². The van der Waals surface area contributed by atoms with Crippen molar-refractivity contribution in [2.45, 2.75) is 32.6 Å². The molecule has 1 saturated heterocycles. The van der Waals surface area contributed by atoms with Gasteiger partial charge in [-0.25, -0.2) is 4.98 Å². The minimum atomic E-state index is 0.0110. The molecule has 0 spiro atoms. The number of nitrogens with zero attached hydrogens (tertiary/aromatic N) is 1. The Hall–Kier alpha value is -2.25. The Morgan fingerprint density at radius 1 is 1.22 bits per heavy atom. The molecule has 3 rings (SSSR count). The van der Waals surface area contributed by atoms with Crippen LogP contribution in [0, 0.1) is 5.92 Å². The zero-order chi connectivity index (χ0) is 19.1. The van der Waals surface area contributed by atoms with Crippen LogP contribution >= 0.6 is 11.3 Å². The summed E-state index contributed by atoms with van der Waals surface area (Å²) in [6, 6.07) is 8.30. The average molecular weight is 387 g/mol. The van der Waals surface area contributed by atoms with Gasteiger partial charge in [0.25, 0.3) is 0 Å². The predicted molar refractivity (Wildman–Crippen MR) is 109 cm³/mol. The Morgan fingerprint density at radius 3 is 2.67 bits per heavy atom. The van der Waals surface area contributed by atoms with Crippen LogP contribution < -0.4 is 16.0 Å². The second-order valence-electron chi connectivity index (χ2n) is 6.83. The number of aryl methyl sites for hydroxylation is 1. The van der Waals surface area contributed by atoms with Crippen LogP contribution in [0.25, 0.3) is 11.3 Å². The summed E-state index contributed by atoms with van der Waals surface area (Å²) in [7, 11) is 0. The van der Waals surface area contributed by atoms with Gasteiger partial charge in [-0.3, -0.25) is 9.59 Å². The Bertz CT molecular complexity index is 767. The number of anilines is 1. The molecule has 27 heavy (non-hydrogen) atoms. The van der Waals surface area contributed by atoms with Gasteiger partial charge in [-0.15, -0.1) is 11.3 Å². The van der Waals surface area contributed by atoms with E-state index < -0.39 is 0 Å². The van der Waals surface area contributed by atoms with E-state index in [1.165, 1.54) is 23.8 Å². The van der Waals surface area contributed by atoms with Crippen LogP contribution in [0.5, 0.6) is 0 Å². The molecule has 144 valence electrons. The lowest BCUT2D eigenvalue weighted by Gasteiger charge is -2.20. The highest BCUT2D eigenvalue weighted by Gasteiger charge is 2.21. The highest BCUT2D eigenvalue weighted by atomic mass is 32.1. The third-order valence-electron chi connectivity index (χ3n) is 4.71. The van der Waals surface area contributed by atoms with Gasteiger partial charge in [0.05, 0.1) is 5.69 Å². The van der Waals surface area contributed by atoms with Crippen molar-refractivity contribution in [3.8, 4) is 11.3 Å². The first-order chi connectivity index (χ1) is 13.1. The van der Waals surface area contributed by atoms with Crippen LogP contribution in [0.2, 0.25) is 0 Å². The molecule has 1 aromatic heterocycles. The SMILES string of the molecule is CC(=O)NCCCc1ccc(-c2csc(NC(=O)C3CCNCC3)n2)cc1. The normalized spacial score (nSPS) is 14.7. The summed E-state index contributed by atoms with van der Waals surface area (Å²) in [4.78, 5) is 27.8. The van der Waals surface area contributed by atoms with Crippen molar-refractivity contribution >= 4 is 28.3 Å². The molecule has 0 aliphatic carbocycles. The second kappa shape index (κ2) is 9.62. The molecule has 0 unspecified atom stereocenters. The minimum Gasteiger partial charge on any atom is -0.356 e. The first-order valence-corrected chi connectivity index (χ1v) is 10.3. The highest BCUT2D eigenvalue weighted by molar-refractivity contribution is 7.14. The molecule has 1 aliphatic rings. The van der Waals surface area contributed by atoms with Crippen molar-refractivity contribution in [3.63, 3.8) is 0 Å². The van der Waals surface area contributed by atoms with Gasteiger partial charge in [0, 0.05) is 30.3 Å². The van der Waals surface area contributed by atoms with E-state index in [1.54, 1.807) is 0 Å². The lowest BCUT2D eigenvalue weighted by atomic mass is 9.97. The van der Waals surface area contributed by atoms with Gasteiger partial charge in [-0.2, -0.15) is 0 Å². The number of nitrogens with one attached hydrogen (secondary N) is 3. The molecule has 0 saturated carbocycles. The molecule has 0 radical (unpaired) electrons. The Labute approximate surface area is 163 Å². The van der Waals surface area contributed by atoms with Gasteiger partial charge in [0.15, 0.2) is 5.13 Å². The van der Waals surface area contributed by atoms with Gasteiger partial charge in [-0.05, 0) is 44.3 Å². The summed E-state index contributed by atoms with van der Waals surface area (Å²) in [5.41, 5.74) is 3.16. The van der Waals surface area contributed by atoms with Crippen LogP contribution in [-0.4, -0.2) is 36.4 Å². The number of thiazole rings is 1. The fraction of sp³-hybridized carbons (Fsp3) is 0.450. The monoisotopic (exact) mass is 386 g/mol. The highest BCUT2D eigenvalue weighted by Crippen LogP contribution is 2.26. The Morgan fingerprint density at radius 2 is 1.96 bits per heavy atom. The zero-order valence-corrected chi connectivity index (χ0v) is 16.4. The van der Waals surface area contributed by atoms with Crippen LogP contribution in [-0.2, 0) is 16.0 Å². The van der Waals surface area contributed by atoms with Crippen LogP contribution in [0.1, 0.15) is 31.7 Å². The summed E-state index contributed by atoms with van der Waals surface area (Å²) in [5.74, 6) is 0.166. The van der Waals surface area contributed by atoms with E-state index in [0.29, 0.717) is 11.7 Å². The van der Waals surface area contributed by atoms with E-state index in [9.17, 15) is 9.59 Å². The fourth-order valence-corrected chi connectivity index (χ4v) is 3.88. The first-order valence-electron chi connectivity index (χ1n) is 9.42. The largest absolute Gasteiger partial charge is 0.356 e. The minimum absolute atomic E-state index is 0.0110. The van der Waals surface area contributed by atoms with E-state index in [0.717, 1.165) is 50.0 Å². The van der Waals surface area contributed by atoms with Crippen LogP contribution in [0.15, 0.2) is 29.6 Å². The summed E-state index contributed by atoms with van der Waals surface area (Å²) < 4.78 is 0. The molecule has 2 aromatic rings. The zero-order valence-electron chi connectivity index (χ0n) is 15.6. The number of rotatable bonds is 7. The molecule has 3 N–H and O–H groups in total. The van der Waals surface area contributed by atoms with Crippen LogP contribution in [0.3, 0.4) is 0 Å². The van der Waals surface area contributed by atoms with Crippen LogP contribution in [0.4, 0.5) is 5.13 Å². The van der Waals surface area contributed by atoms with Gasteiger partial charge in [0.1, 0.15) is 0 Å². The Balaban J connectivity index is 1.52. The lowest BCUT2D eigenvalue weighted by molar-refractivity contribution is -0.120. The summed E-state index contributed by atoms with van der Waals surface area (Å²) in [5, 5.41) is 11.7. The van der Waals surface area contributed by atoms with Crippen molar-refractivity contribution in [2.24, 2.45) is 5.92 Å². The van der Waals surface area contributed by atoms with Crippen molar-refractivity contribution in [1.29, 1.82) is 0 Å². The quantitative estimate of drug-likeness (QED) is 0.639. The second-order valence-corrected chi connectivity index (χ2v) is 7.69. The standard InChI is InChI=1S/C20H26N4O2S/c1-14(25)22-10-2-3-15-4-6-16(7-5-15)18-13-27-20(23-18)24-19(26)17-8-11-21-12-9-17/h4-7,13,17,21H,2-3,8-12H2,1H3,(H,22,25)(H,23,24,26). The van der Waals surface area contributed by atoms with Gasteiger partial charge < -0.3 is 16.0 Å². The summed E-state index contributed by atoms with van der Waals surface area (Å²) >= 11 is 1.46. The van der Waals surface area contributed by atoms with E-state index >= 15 is 0 Å². The van der Waals surface area contributed by atoms with Crippen molar-refractivity contribution < 1.29 is 9.59 Å². The molecular weight excluding hydrogens is 360 g/mol. The van der Waals surface area contributed by atoms with E-state index in [2.05, 4.69) is 45.2 Å². The molecule has 1 fully saturated rings. The smallest absolute Gasteiger partial charge is 0.229 e. The maximum absolute atomic E-state index is 12.3. The molecule has 0 bridgehead atoms. The third-order valence-corrected chi connectivity index (χ3v) is 5.47.